The molecule has 0 heterocycles. The molecule has 1 rings (SSSR count). The fraction of sp³-hybridized carbons (Fsp3) is 0.562. The highest BCUT2D eigenvalue weighted by Gasteiger charge is 2.10. The Labute approximate surface area is 115 Å². The second kappa shape index (κ2) is 8.57. The van der Waals surface area contributed by atoms with Crippen LogP contribution in [0.1, 0.15) is 56.8 Å². The second-order valence-electron chi connectivity index (χ2n) is 4.62. The van der Waals surface area contributed by atoms with Gasteiger partial charge >= 0.3 is 0 Å². The van der Waals surface area contributed by atoms with Crippen LogP contribution in [0.15, 0.2) is 18.2 Å². The zero-order valence-corrected chi connectivity index (χ0v) is 12.2. The van der Waals surface area contributed by atoms with E-state index in [0.29, 0.717) is 24.5 Å². The minimum absolute atomic E-state index is 0.00689. The molecule has 0 bridgehead atoms. The average molecular weight is 264 g/mol. The smallest absolute Gasteiger partial charge is 0.163 e. The van der Waals surface area contributed by atoms with Crippen LogP contribution in [0.4, 0.5) is 0 Å². The molecular weight excluding hydrogens is 240 g/mol. The van der Waals surface area contributed by atoms with Crippen molar-refractivity contribution < 1.29 is 14.3 Å². The molecule has 3 heteroatoms. The number of rotatable bonds is 9. The molecule has 1 aromatic carbocycles. The van der Waals surface area contributed by atoms with Crippen molar-refractivity contribution in [3.05, 3.63) is 23.8 Å². The fourth-order valence-electron chi connectivity index (χ4n) is 1.66. The van der Waals surface area contributed by atoms with Crippen molar-refractivity contribution in [2.45, 2.75) is 46.5 Å². The van der Waals surface area contributed by atoms with E-state index in [9.17, 15) is 4.79 Å². The molecule has 0 aromatic heterocycles. The normalized spacial score (nSPS) is 10.3. The zero-order chi connectivity index (χ0) is 14.1. The van der Waals surface area contributed by atoms with E-state index in [1.807, 2.05) is 12.1 Å². The van der Waals surface area contributed by atoms with E-state index in [1.165, 1.54) is 0 Å². The summed E-state index contributed by atoms with van der Waals surface area (Å²) in [5.74, 6) is 1.40. The van der Waals surface area contributed by atoms with Crippen molar-refractivity contribution >= 4 is 5.78 Å². The number of hydrogen-bond donors (Lipinski definition) is 0. The number of unbranched alkanes of at least 4 members (excludes halogenated alkanes) is 2. The summed E-state index contributed by atoms with van der Waals surface area (Å²) in [6.45, 7) is 7.11. The lowest BCUT2D eigenvalue weighted by atomic mass is 10.1. The first kappa shape index (κ1) is 15.5. The minimum atomic E-state index is 0.00689. The van der Waals surface area contributed by atoms with Crippen molar-refractivity contribution in [1.82, 2.24) is 0 Å². The molecule has 0 unspecified atom stereocenters. The Morgan fingerprint density at radius 1 is 1.05 bits per heavy atom. The minimum Gasteiger partial charge on any atom is -0.494 e. The Bertz CT molecular complexity index is 399. The first-order valence-electron chi connectivity index (χ1n) is 7.09. The Morgan fingerprint density at radius 2 is 1.68 bits per heavy atom. The predicted octanol–water partition coefficient (Wildman–Crippen LogP) is 4.25. The lowest BCUT2D eigenvalue weighted by Crippen LogP contribution is -2.04. The van der Waals surface area contributed by atoms with Crippen LogP contribution < -0.4 is 9.47 Å². The van der Waals surface area contributed by atoms with E-state index >= 15 is 0 Å². The average Bonchev–Trinajstić information content (AvgIpc) is 2.40. The molecule has 0 aliphatic heterocycles. The molecule has 3 nitrogen and oxygen atoms in total. The first-order chi connectivity index (χ1) is 9.19. The fourth-order valence-corrected chi connectivity index (χ4v) is 1.66. The van der Waals surface area contributed by atoms with Crippen molar-refractivity contribution in [3.8, 4) is 11.5 Å². The molecule has 106 valence electrons. The molecule has 0 aliphatic carbocycles. The third kappa shape index (κ3) is 5.33. The summed E-state index contributed by atoms with van der Waals surface area (Å²) in [4.78, 5) is 11.6. The van der Waals surface area contributed by atoms with Gasteiger partial charge in [0.1, 0.15) is 11.5 Å². The maximum Gasteiger partial charge on any atom is 0.163 e. The predicted molar refractivity (Wildman–Crippen MR) is 77.3 cm³/mol. The summed E-state index contributed by atoms with van der Waals surface area (Å²) >= 11 is 0. The molecular formula is C16H24O3. The number of ether oxygens (including phenoxy) is 2. The Kier molecular flexibility index (Phi) is 7.01. The Balaban J connectivity index is 2.73. The van der Waals surface area contributed by atoms with Gasteiger partial charge in [-0.15, -0.1) is 0 Å². The largest absolute Gasteiger partial charge is 0.494 e. The topological polar surface area (TPSA) is 35.5 Å². The van der Waals surface area contributed by atoms with Gasteiger partial charge in [-0.2, -0.15) is 0 Å². The number of Topliss-reactive ketones (excluding diaryl/α,β-unsaturated/α-hetero) is 1. The molecule has 0 amide bonds. The number of hydrogen-bond acceptors (Lipinski definition) is 3. The standard InChI is InChI=1S/C16H24O3/c1-4-6-10-18-14-8-9-16(19-11-7-5-2)15(12-14)13(3)17/h8-9,12H,4-7,10-11H2,1-3H3. The molecule has 0 radical (unpaired) electrons. The van der Waals surface area contributed by atoms with Gasteiger partial charge in [-0.3, -0.25) is 4.79 Å². The van der Waals surface area contributed by atoms with E-state index in [0.717, 1.165) is 31.4 Å². The van der Waals surface area contributed by atoms with Gasteiger partial charge in [0.2, 0.25) is 0 Å². The maximum absolute atomic E-state index is 11.6. The summed E-state index contributed by atoms with van der Waals surface area (Å²) in [5.41, 5.74) is 0.602. The van der Waals surface area contributed by atoms with E-state index in [4.69, 9.17) is 9.47 Å². The molecule has 0 aliphatic rings. The van der Waals surface area contributed by atoms with Gasteiger partial charge in [0.05, 0.1) is 18.8 Å². The van der Waals surface area contributed by atoms with Crippen molar-refractivity contribution in [2.24, 2.45) is 0 Å². The summed E-state index contributed by atoms with van der Waals surface area (Å²) in [6.07, 6.45) is 4.18. The van der Waals surface area contributed by atoms with Crippen LogP contribution in [0.2, 0.25) is 0 Å². The van der Waals surface area contributed by atoms with Crippen LogP contribution >= 0.6 is 0 Å². The number of ketones is 1. The number of carbonyl (C=O) groups is 1. The van der Waals surface area contributed by atoms with Gasteiger partial charge in [0, 0.05) is 0 Å². The molecule has 0 atom stereocenters. The lowest BCUT2D eigenvalue weighted by molar-refractivity contribution is 0.101. The van der Waals surface area contributed by atoms with Crippen LogP contribution in [0.25, 0.3) is 0 Å². The molecule has 0 saturated carbocycles. The molecule has 0 spiro atoms. The van der Waals surface area contributed by atoms with Crippen LogP contribution in [0.5, 0.6) is 11.5 Å². The Hall–Kier alpha value is -1.51. The molecule has 1 aromatic rings. The molecule has 0 N–H and O–H groups in total. The first-order valence-corrected chi connectivity index (χ1v) is 7.09. The van der Waals surface area contributed by atoms with E-state index in [-0.39, 0.29) is 5.78 Å². The van der Waals surface area contributed by atoms with Crippen molar-refractivity contribution in [1.29, 1.82) is 0 Å². The Morgan fingerprint density at radius 3 is 2.26 bits per heavy atom. The molecule has 19 heavy (non-hydrogen) atoms. The highest BCUT2D eigenvalue weighted by atomic mass is 16.5. The van der Waals surface area contributed by atoms with Gasteiger partial charge in [0.15, 0.2) is 5.78 Å². The van der Waals surface area contributed by atoms with Gasteiger partial charge in [-0.1, -0.05) is 26.7 Å². The van der Waals surface area contributed by atoms with Crippen molar-refractivity contribution in [2.75, 3.05) is 13.2 Å². The molecule has 0 fully saturated rings. The maximum atomic E-state index is 11.6. The summed E-state index contributed by atoms with van der Waals surface area (Å²) in [6, 6.07) is 5.47. The lowest BCUT2D eigenvalue weighted by Gasteiger charge is -2.12. The van der Waals surface area contributed by atoms with Crippen LogP contribution in [-0.2, 0) is 0 Å². The monoisotopic (exact) mass is 264 g/mol. The second-order valence-corrected chi connectivity index (χ2v) is 4.62. The highest BCUT2D eigenvalue weighted by Crippen LogP contribution is 2.25. The third-order valence-electron chi connectivity index (χ3n) is 2.85. The summed E-state index contributed by atoms with van der Waals surface area (Å²) in [7, 11) is 0. The van der Waals surface area contributed by atoms with Gasteiger partial charge in [-0.25, -0.2) is 0 Å². The number of carbonyl (C=O) groups excluding carboxylic acids is 1. The van der Waals surface area contributed by atoms with Gasteiger partial charge in [0.25, 0.3) is 0 Å². The van der Waals surface area contributed by atoms with E-state index < -0.39 is 0 Å². The molecule has 0 saturated heterocycles. The third-order valence-corrected chi connectivity index (χ3v) is 2.85. The SMILES string of the molecule is CCCCOc1ccc(OCCCC)c(C(C)=O)c1. The number of benzene rings is 1. The van der Waals surface area contributed by atoms with Gasteiger partial charge in [-0.05, 0) is 38.0 Å². The van der Waals surface area contributed by atoms with E-state index in [2.05, 4.69) is 13.8 Å². The quantitative estimate of drug-likeness (QED) is 0.494. The van der Waals surface area contributed by atoms with Crippen molar-refractivity contribution in [3.63, 3.8) is 0 Å². The summed E-state index contributed by atoms with van der Waals surface area (Å²) in [5, 5.41) is 0. The highest BCUT2D eigenvalue weighted by molar-refractivity contribution is 5.97. The van der Waals surface area contributed by atoms with Crippen LogP contribution in [-0.4, -0.2) is 19.0 Å². The van der Waals surface area contributed by atoms with E-state index in [1.54, 1.807) is 13.0 Å². The van der Waals surface area contributed by atoms with Crippen LogP contribution in [0.3, 0.4) is 0 Å². The zero-order valence-electron chi connectivity index (χ0n) is 12.2. The summed E-state index contributed by atoms with van der Waals surface area (Å²) < 4.78 is 11.3. The van der Waals surface area contributed by atoms with Crippen LogP contribution in [0, 0.1) is 0 Å². The van der Waals surface area contributed by atoms with Gasteiger partial charge < -0.3 is 9.47 Å².